The Labute approximate surface area is 172 Å². The van der Waals surface area contributed by atoms with Crippen LogP contribution in [0.3, 0.4) is 0 Å². The first-order valence-corrected chi connectivity index (χ1v) is 9.84. The molecule has 4 rings (SSSR count). The largest absolute Gasteiger partial charge is 0.497 e. The van der Waals surface area contributed by atoms with Crippen LogP contribution >= 0.6 is 11.8 Å². The van der Waals surface area contributed by atoms with Crippen molar-refractivity contribution in [1.82, 2.24) is 14.8 Å². The minimum absolute atomic E-state index is 0.118. The fraction of sp³-hybridized carbons (Fsp3) is 0.250. The van der Waals surface area contributed by atoms with Crippen LogP contribution in [-0.4, -0.2) is 39.8 Å². The number of nitrogens with one attached hydrogen (secondary N) is 1. The van der Waals surface area contributed by atoms with Crippen LogP contribution in [0.5, 0.6) is 17.2 Å². The van der Waals surface area contributed by atoms with Crippen molar-refractivity contribution >= 4 is 23.4 Å². The zero-order valence-electron chi connectivity index (χ0n) is 16.2. The summed E-state index contributed by atoms with van der Waals surface area (Å²) in [5, 5.41) is 11.7. The van der Waals surface area contributed by atoms with Gasteiger partial charge in [-0.15, -0.1) is 10.2 Å². The molecule has 2 heterocycles. The Morgan fingerprint density at radius 3 is 2.69 bits per heavy atom. The number of aromatic nitrogens is 3. The molecule has 0 radical (unpaired) electrons. The van der Waals surface area contributed by atoms with Crippen LogP contribution in [0, 0.1) is 0 Å². The van der Waals surface area contributed by atoms with E-state index in [4.69, 9.17) is 14.2 Å². The molecular weight excluding hydrogens is 392 g/mol. The normalized spacial score (nSPS) is 13.2. The Kier molecular flexibility index (Phi) is 5.30. The summed E-state index contributed by atoms with van der Waals surface area (Å²) >= 11 is 1.34. The molecule has 3 aromatic rings. The third-order valence-corrected chi connectivity index (χ3v) is 5.61. The maximum atomic E-state index is 12.5. The van der Waals surface area contributed by atoms with Crippen molar-refractivity contribution in [3.05, 3.63) is 42.5 Å². The summed E-state index contributed by atoms with van der Waals surface area (Å²) in [5.41, 5.74) is 1.58. The number of hydrogen-bond donors (Lipinski definition) is 1. The third kappa shape index (κ3) is 4.00. The molecule has 0 saturated heterocycles. The van der Waals surface area contributed by atoms with Crippen LogP contribution in [0.1, 0.15) is 6.92 Å². The van der Waals surface area contributed by atoms with Gasteiger partial charge in [-0.05, 0) is 49.4 Å². The number of nitrogens with zero attached hydrogens (tertiary/aromatic N) is 3. The zero-order chi connectivity index (χ0) is 20.4. The fourth-order valence-corrected chi connectivity index (χ4v) is 3.65. The first kappa shape index (κ1) is 19.1. The van der Waals surface area contributed by atoms with E-state index in [0.29, 0.717) is 28.2 Å². The van der Waals surface area contributed by atoms with Crippen molar-refractivity contribution in [3.8, 4) is 28.6 Å². The molecule has 0 bridgehead atoms. The Bertz CT molecular complexity index is 1040. The van der Waals surface area contributed by atoms with Crippen molar-refractivity contribution in [1.29, 1.82) is 0 Å². The second kappa shape index (κ2) is 8.04. The maximum absolute atomic E-state index is 12.5. The molecule has 1 aromatic heterocycles. The predicted octanol–water partition coefficient (Wildman–Crippen LogP) is 3.34. The van der Waals surface area contributed by atoms with Crippen LogP contribution in [0.4, 0.5) is 5.69 Å². The summed E-state index contributed by atoms with van der Waals surface area (Å²) in [4.78, 5) is 12.5. The summed E-state index contributed by atoms with van der Waals surface area (Å²) in [6.45, 7) is 2.05. The number of rotatable bonds is 6. The highest BCUT2D eigenvalue weighted by molar-refractivity contribution is 8.00. The van der Waals surface area contributed by atoms with Gasteiger partial charge >= 0.3 is 0 Å². The van der Waals surface area contributed by atoms with Crippen LogP contribution in [0.2, 0.25) is 0 Å². The number of amides is 1. The van der Waals surface area contributed by atoms with Crippen molar-refractivity contribution in [2.75, 3.05) is 19.2 Å². The van der Waals surface area contributed by atoms with Gasteiger partial charge in [-0.25, -0.2) is 0 Å². The van der Waals surface area contributed by atoms with Crippen molar-refractivity contribution < 1.29 is 19.0 Å². The summed E-state index contributed by atoms with van der Waals surface area (Å²) in [6, 6.07) is 12.8. The number of thioether (sulfide) groups is 1. The molecule has 150 valence electrons. The van der Waals surface area contributed by atoms with E-state index in [-0.39, 0.29) is 18.0 Å². The van der Waals surface area contributed by atoms with Gasteiger partial charge in [0.05, 0.1) is 12.4 Å². The first-order chi connectivity index (χ1) is 14.0. The average molecular weight is 412 g/mol. The van der Waals surface area contributed by atoms with E-state index in [2.05, 4.69) is 15.5 Å². The number of ether oxygens (including phenoxy) is 3. The molecule has 2 aromatic carbocycles. The van der Waals surface area contributed by atoms with Gasteiger partial charge < -0.3 is 24.1 Å². The lowest BCUT2D eigenvalue weighted by Gasteiger charge is -2.12. The molecule has 0 spiro atoms. The lowest BCUT2D eigenvalue weighted by Crippen LogP contribution is -2.22. The molecule has 29 heavy (non-hydrogen) atoms. The van der Waals surface area contributed by atoms with Crippen LogP contribution < -0.4 is 19.5 Å². The van der Waals surface area contributed by atoms with E-state index in [1.807, 2.05) is 36.7 Å². The van der Waals surface area contributed by atoms with Gasteiger partial charge in [-0.1, -0.05) is 11.8 Å². The second-order valence-corrected chi connectivity index (χ2v) is 7.72. The number of anilines is 1. The van der Waals surface area contributed by atoms with E-state index >= 15 is 0 Å². The van der Waals surface area contributed by atoms with Gasteiger partial charge in [0.2, 0.25) is 12.7 Å². The van der Waals surface area contributed by atoms with Crippen LogP contribution in [0.25, 0.3) is 11.4 Å². The molecule has 9 heteroatoms. The number of carbonyl (C=O) groups is 1. The Morgan fingerprint density at radius 2 is 1.93 bits per heavy atom. The highest BCUT2D eigenvalue weighted by atomic mass is 32.2. The number of fused-ring (bicyclic) bond motifs is 1. The second-order valence-electron chi connectivity index (χ2n) is 6.41. The van der Waals surface area contributed by atoms with Gasteiger partial charge in [-0.2, -0.15) is 0 Å². The molecular formula is C20H20N4O4S. The van der Waals surface area contributed by atoms with Crippen LogP contribution in [0.15, 0.2) is 47.6 Å². The molecule has 1 atom stereocenters. The molecule has 0 saturated carbocycles. The van der Waals surface area contributed by atoms with Gasteiger partial charge in [0.15, 0.2) is 22.5 Å². The SMILES string of the molecule is COc1ccc(NC(=O)C(C)Sc2nnc(-c3ccc4c(c3)OCO4)n2C)cc1. The maximum Gasteiger partial charge on any atom is 0.237 e. The van der Waals surface area contributed by atoms with E-state index in [1.54, 1.807) is 31.4 Å². The van der Waals surface area contributed by atoms with E-state index in [0.717, 1.165) is 11.3 Å². The van der Waals surface area contributed by atoms with Gasteiger partial charge in [-0.3, -0.25) is 4.79 Å². The summed E-state index contributed by atoms with van der Waals surface area (Å²) in [7, 11) is 3.47. The number of carbonyl (C=O) groups excluding carboxylic acids is 1. The lowest BCUT2D eigenvalue weighted by molar-refractivity contribution is -0.115. The number of hydrogen-bond acceptors (Lipinski definition) is 7. The molecule has 0 fully saturated rings. The molecule has 0 aliphatic carbocycles. The molecule has 1 aliphatic heterocycles. The molecule has 1 unspecified atom stereocenters. The van der Waals surface area contributed by atoms with Crippen LogP contribution in [-0.2, 0) is 11.8 Å². The fourth-order valence-electron chi connectivity index (χ4n) is 2.83. The number of methoxy groups -OCH3 is 1. The quantitative estimate of drug-likeness (QED) is 0.621. The topological polar surface area (TPSA) is 87.5 Å². The van der Waals surface area contributed by atoms with E-state index in [1.165, 1.54) is 11.8 Å². The number of benzene rings is 2. The molecule has 8 nitrogen and oxygen atoms in total. The average Bonchev–Trinajstić information content (AvgIpc) is 3.34. The minimum atomic E-state index is -0.357. The lowest BCUT2D eigenvalue weighted by atomic mass is 10.2. The zero-order valence-corrected chi connectivity index (χ0v) is 17.0. The molecule has 1 amide bonds. The molecule has 1 N–H and O–H groups in total. The van der Waals surface area contributed by atoms with Crippen molar-refractivity contribution in [3.63, 3.8) is 0 Å². The van der Waals surface area contributed by atoms with Crippen molar-refractivity contribution in [2.45, 2.75) is 17.3 Å². The van der Waals surface area contributed by atoms with E-state index in [9.17, 15) is 4.79 Å². The Hall–Kier alpha value is -3.20. The highest BCUT2D eigenvalue weighted by Crippen LogP contribution is 2.36. The van der Waals surface area contributed by atoms with Gasteiger partial charge in [0, 0.05) is 18.3 Å². The Morgan fingerprint density at radius 1 is 1.17 bits per heavy atom. The third-order valence-electron chi connectivity index (χ3n) is 4.47. The molecule has 1 aliphatic rings. The predicted molar refractivity (Wildman–Crippen MR) is 110 cm³/mol. The first-order valence-electron chi connectivity index (χ1n) is 8.96. The van der Waals surface area contributed by atoms with Gasteiger partial charge in [0.25, 0.3) is 0 Å². The summed E-state index contributed by atoms with van der Waals surface area (Å²) < 4.78 is 17.8. The summed E-state index contributed by atoms with van der Waals surface area (Å²) in [5.74, 6) is 2.71. The van der Waals surface area contributed by atoms with E-state index < -0.39 is 0 Å². The smallest absolute Gasteiger partial charge is 0.237 e. The van der Waals surface area contributed by atoms with Gasteiger partial charge in [0.1, 0.15) is 5.75 Å². The minimum Gasteiger partial charge on any atom is -0.497 e. The Balaban J connectivity index is 1.44. The highest BCUT2D eigenvalue weighted by Gasteiger charge is 2.21. The standard InChI is InChI=1S/C20H20N4O4S/c1-12(19(25)21-14-5-7-15(26-3)8-6-14)29-20-23-22-18(24(20)2)13-4-9-16-17(10-13)28-11-27-16/h4-10,12H,11H2,1-3H3,(H,21,25). The monoisotopic (exact) mass is 412 g/mol. The summed E-state index contributed by atoms with van der Waals surface area (Å²) in [6.07, 6.45) is 0. The van der Waals surface area contributed by atoms with Crippen molar-refractivity contribution in [2.24, 2.45) is 7.05 Å².